The van der Waals surface area contributed by atoms with Crippen LogP contribution >= 0.6 is 0 Å². The number of aliphatic hydroxyl groups excluding tert-OH is 1. The minimum Gasteiger partial charge on any atom is -0.386 e. The molecule has 0 saturated heterocycles. The molecule has 0 aromatic heterocycles. The first-order chi connectivity index (χ1) is 11.2. The summed E-state index contributed by atoms with van der Waals surface area (Å²) < 4.78 is 13.6. The molecule has 0 radical (unpaired) electrons. The Hall–Kier alpha value is -1.41. The number of hydrogen-bond acceptors (Lipinski definition) is 1. The minimum atomic E-state index is -0.962. The predicted molar refractivity (Wildman–Crippen MR) is 93.8 cm³/mol. The van der Waals surface area contributed by atoms with Gasteiger partial charge in [0.05, 0.1) is 0 Å². The molecule has 124 valence electrons. The molecule has 1 fully saturated rings. The van der Waals surface area contributed by atoms with Crippen molar-refractivity contribution in [2.45, 2.75) is 63.9 Å². The van der Waals surface area contributed by atoms with Gasteiger partial charge in [-0.3, -0.25) is 0 Å². The molecular weight excluding hydrogens is 287 g/mol. The van der Waals surface area contributed by atoms with Gasteiger partial charge in [-0.25, -0.2) is 4.39 Å². The van der Waals surface area contributed by atoms with Gasteiger partial charge in [-0.1, -0.05) is 50.1 Å². The van der Waals surface area contributed by atoms with E-state index in [1.807, 2.05) is 6.08 Å². The van der Waals surface area contributed by atoms with Crippen molar-refractivity contribution in [2.75, 3.05) is 0 Å². The molecule has 2 aliphatic carbocycles. The van der Waals surface area contributed by atoms with Crippen LogP contribution in [-0.4, -0.2) is 11.2 Å². The van der Waals surface area contributed by atoms with Crippen molar-refractivity contribution in [1.29, 1.82) is 0 Å². The van der Waals surface area contributed by atoms with E-state index in [1.165, 1.54) is 50.2 Å². The lowest BCUT2D eigenvalue weighted by molar-refractivity contribution is 0.184. The molecular formula is C21H27FO. The Balaban J connectivity index is 1.64. The van der Waals surface area contributed by atoms with Crippen LogP contribution < -0.4 is 0 Å². The number of allylic oxidation sites excluding steroid dienone is 2. The van der Waals surface area contributed by atoms with E-state index < -0.39 is 11.9 Å². The fourth-order valence-corrected chi connectivity index (χ4v) is 4.00. The highest BCUT2D eigenvalue weighted by Crippen LogP contribution is 2.38. The molecule has 0 aliphatic heterocycles. The highest BCUT2D eigenvalue weighted by Gasteiger charge is 2.22. The van der Waals surface area contributed by atoms with Crippen molar-refractivity contribution in [2.24, 2.45) is 5.92 Å². The van der Waals surface area contributed by atoms with Crippen LogP contribution in [0.2, 0.25) is 0 Å². The summed E-state index contributed by atoms with van der Waals surface area (Å²) in [7, 11) is 0. The summed E-state index contributed by atoms with van der Waals surface area (Å²) in [6.07, 6.45) is 10.8. The summed E-state index contributed by atoms with van der Waals surface area (Å²) in [5.74, 6) is 1.19. The van der Waals surface area contributed by atoms with Crippen LogP contribution in [0, 0.1) is 5.92 Å². The van der Waals surface area contributed by atoms with Gasteiger partial charge in [0, 0.05) is 0 Å². The standard InChI is InChI=1S/C21H27FO/c1-2-3-15-4-6-16(7-5-15)17-8-10-18(11-9-17)19-12-13-21(23)20(22)14-19/h8-12,14-16,21,23H,2-7,13H2,1H3. The Bertz CT molecular complexity index is 576. The molecule has 23 heavy (non-hydrogen) atoms. The summed E-state index contributed by atoms with van der Waals surface area (Å²) >= 11 is 0. The van der Waals surface area contributed by atoms with Gasteiger partial charge in [0.2, 0.25) is 0 Å². The maximum absolute atomic E-state index is 13.6. The van der Waals surface area contributed by atoms with Crippen LogP contribution in [0.25, 0.3) is 5.57 Å². The number of halogens is 1. The Kier molecular flexibility index (Phi) is 5.32. The summed E-state index contributed by atoms with van der Waals surface area (Å²) in [6.45, 7) is 2.28. The van der Waals surface area contributed by atoms with E-state index in [0.29, 0.717) is 12.3 Å². The van der Waals surface area contributed by atoms with Crippen LogP contribution in [-0.2, 0) is 0 Å². The van der Waals surface area contributed by atoms with Crippen molar-refractivity contribution >= 4 is 5.57 Å². The van der Waals surface area contributed by atoms with Crippen molar-refractivity contribution < 1.29 is 9.50 Å². The van der Waals surface area contributed by atoms with E-state index >= 15 is 0 Å². The smallest absolute Gasteiger partial charge is 0.129 e. The van der Waals surface area contributed by atoms with Gasteiger partial charge in [0.1, 0.15) is 11.9 Å². The third-order valence-electron chi connectivity index (χ3n) is 5.43. The molecule has 0 heterocycles. The summed E-state index contributed by atoms with van der Waals surface area (Å²) in [6, 6.07) is 8.61. The average Bonchev–Trinajstić information content (AvgIpc) is 2.59. The van der Waals surface area contributed by atoms with Gasteiger partial charge >= 0.3 is 0 Å². The van der Waals surface area contributed by atoms with E-state index in [1.54, 1.807) is 0 Å². The molecule has 2 aliphatic rings. The van der Waals surface area contributed by atoms with E-state index in [9.17, 15) is 9.50 Å². The Morgan fingerprint density at radius 1 is 1.09 bits per heavy atom. The van der Waals surface area contributed by atoms with E-state index in [2.05, 4.69) is 31.2 Å². The van der Waals surface area contributed by atoms with Gasteiger partial charge in [0.25, 0.3) is 0 Å². The summed E-state index contributed by atoms with van der Waals surface area (Å²) in [5, 5.41) is 9.43. The number of benzene rings is 1. The molecule has 0 spiro atoms. The van der Waals surface area contributed by atoms with Gasteiger partial charge in [-0.2, -0.15) is 0 Å². The normalized spacial score (nSPS) is 28.2. The maximum atomic E-state index is 13.6. The van der Waals surface area contributed by atoms with Gasteiger partial charge in [0.15, 0.2) is 0 Å². The SMILES string of the molecule is CCCC1CCC(c2ccc(C3=CCC(O)C(F)=C3)cc2)CC1. The highest BCUT2D eigenvalue weighted by atomic mass is 19.1. The average molecular weight is 314 g/mol. The van der Waals surface area contributed by atoms with Gasteiger partial charge < -0.3 is 5.11 Å². The van der Waals surface area contributed by atoms with E-state index in [4.69, 9.17) is 0 Å². The topological polar surface area (TPSA) is 20.2 Å². The Labute approximate surface area is 138 Å². The van der Waals surface area contributed by atoms with E-state index in [-0.39, 0.29) is 0 Å². The quantitative estimate of drug-likeness (QED) is 0.749. The summed E-state index contributed by atoms with van der Waals surface area (Å²) in [5.41, 5.74) is 3.34. The first-order valence-electron chi connectivity index (χ1n) is 9.03. The lowest BCUT2D eigenvalue weighted by Crippen LogP contribution is -2.13. The third-order valence-corrected chi connectivity index (χ3v) is 5.43. The molecule has 1 aromatic rings. The number of aliphatic hydroxyl groups is 1. The zero-order chi connectivity index (χ0) is 16.2. The van der Waals surface area contributed by atoms with Gasteiger partial charge in [-0.15, -0.1) is 0 Å². The largest absolute Gasteiger partial charge is 0.386 e. The van der Waals surface area contributed by atoms with Crippen molar-refractivity contribution in [3.05, 3.63) is 53.4 Å². The van der Waals surface area contributed by atoms with Crippen LogP contribution in [0.15, 0.2) is 42.2 Å². The van der Waals surface area contributed by atoms with E-state index in [0.717, 1.165) is 17.1 Å². The van der Waals surface area contributed by atoms with Gasteiger partial charge in [-0.05, 0) is 66.7 Å². The van der Waals surface area contributed by atoms with Crippen molar-refractivity contribution in [3.63, 3.8) is 0 Å². The molecule has 1 unspecified atom stereocenters. The molecule has 1 saturated carbocycles. The second-order valence-electron chi connectivity index (χ2n) is 7.07. The monoisotopic (exact) mass is 314 g/mol. The second kappa shape index (κ2) is 7.44. The number of hydrogen-bond donors (Lipinski definition) is 1. The fourth-order valence-electron chi connectivity index (χ4n) is 4.00. The van der Waals surface area contributed by atoms with Crippen molar-refractivity contribution in [3.8, 4) is 0 Å². The lowest BCUT2D eigenvalue weighted by Gasteiger charge is -2.28. The molecule has 1 nitrogen and oxygen atoms in total. The zero-order valence-electron chi connectivity index (χ0n) is 14.0. The Morgan fingerprint density at radius 3 is 2.39 bits per heavy atom. The molecule has 3 rings (SSSR count). The highest BCUT2D eigenvalue weighted by molar-refractivity contribution is 5.75. The van der Waals surface area contributed by atoms with Crippen LogP contribution in [0.4, 0.5) is 4.39 Å². The Morgan fingerprint density at radius 2 is 1.78 bits per heavy atom. The molecule has 0 amide bonds. The molecule has 2 heteroatoms. The van der Waals surface area contributed by atoms with Crippen LogP contribution in [0.1, 0.15) is 68.9 Å². The van der Waals surface area contributed by atoms with Crippen molar-refractivity contribution in [1.82, 2.24) is 0 Å². The third kappa shape index (κ3) is 3.92. The maximum Gasteiger partial charge on any atom is 0.129 e. The molecule has 1 aromatic carbocycles. The molecule has 1 atom stereocenters. The minimum absolute atomic E-state index is 0.362. The fraction of sp³-hybridized carbons (Fsp3) is 0.524. The lowest BCUT2D eigenvalue weighted by atomic mass is 9.77. The van der Waals surface area contributed by atoms with Crippen LogP contribution in [0.5, 0.6) is 0 Å². The molecule has 0 bridgehead atoms. The first kappa shape index (κ1) is 16.4. The summed E-state index contributed by atoms with van der Waals surface area (Å²) in [4.78, 5) is 0. The zero-order valence-corrected chi connectivity index (χ0v) is 14.0. The molecule has 1 N–H and O–H groups in total. The predicted octanol–water partition coefficient (Wildman–Crippen LogP) is 5.76. The van der Waals surface area contributed by atoms with Crippen LogP contribution in [0.3, 0.4) is 0 Å². The second-order valence-corrected chi connectivity index (χ2v) is 7.07. The first-order valence-corrected chi connectivity index (χ1v) is 9.03. The number of rotatable bonds is 4.